The summed E-state index contributed by atoms with van der Waals surface area (Å²) in [6, 6.07) is 3.73. The maximum atomic E-state index is 11.9. The number of ether oxygens (including phenoxy) is 1. The van der Waals surface area contributed by atoms with Gasteiger partial charge in [-0.3, -0.25) is 4.79 Å². The molecule has 2 atom stereocenters. The fraction of sp³-hybridized carbons (Fsp3) is 0.643. The van der Waals surface area contributed by atoms with Gasteiger partial charge in [0.15, 0.2) is 0 Å². The molecule has 1 aromatic heterocycles. The molecule has 1 rings (SSSR count). The van der Waals surface area contributed by atoms with Crippen molar-refractivity contribution in [2.24, 2.45) is 5.92 Å². The summed E-state index contributed by atoms with van der Waals surface area (Å²) in [6.45, 7) is 8.61. The van der Waals surface area contributed by atoms with Gasteiger partial charge in [-0.1, -0.05) is 25.4 Å². The first-order chi connectivity index (χ1) is 8.90. The first-order valence-corrected chi connectivity index (χ1v) is 7.76. The van der Waals surface area contributed by atoms with Gasteiger partial charge in [-0.05, 0) is 38.3 Å². The number of thiophene rings is 1. The second kappa shape index (κ2) is 7.88. The van der Waals surface area contributed by atoms with Crippen LogP contribution in [0.25, 0.3) is 0 Å². The predicted octanol–water partition coefficient (Wildman–Crippen LogP) is 4.03. The van der Waals surface area contributed by atoms with E-state index in [1.807, 2.05) is 19.1 Å². The summed E-state index contributed by atoms with van der Waals surface area (Å²) in [5.41, 5.74) is 0. The Morgan fingerprint density at radius 2 is 2.05 bits per heavy atom. The largest absolute Gasteiger partial charge is 0.369 e. The Morgan fingerprint density at radius 1 is 1.37 bits per heavy atom. The number of carbonyl (C=O) groups excluding carboxylic acids is 1. The molecule has 0 saturated heterocycles. The van der Waals surface area contributed by atoms with Crippen LogP contribution < -0.4 is 5.32 Å². The molecule has 0 aliphatic carbocycles. The van der Waals surface area contributed by atoms with Crippen molar-refractivity contribution in [2.45, 2.75) is 46.3 Å². The van der Waals surface area contributed by atoms with E-state index in [1.165, 1.54) is 11.3 Å². The maximum absolute atomic E-state index is 11.9. The third-order valence-corrected chi connectivity index (χ3v) is 4.23. The first-order valence-electron chi connectivity index (χ1n) is 6.57. The van der Waals surface area contributed by atoms with E-state index >= 15 is 0 Å². The number of hydrogen-bond donors (Lipinski definition) is 1. The second-order valence-electron chi connectivity index (χ2n) is 5.07. The Labute approximate surface area is 124 Å². The number of halogens is 1. The van der Waals surface area contributed by atoms with Gasteiger partial charge in [0.25, 0.3) is 0 Å². The van der Waals surface area contributed by atoms with E-state index < -0.39 is 6.10 Å². The average molecular weight is 304 g/mol. The van der Waals surface area contributed by atoms with Crippen molar-refractivity contribution >= 4 is 28.8 Å². The SMILES string of the molecule is CC(C)CCO[C@H](C)C(=O)N[C@H](C)c1ccc(Cl)s1. The smallest absolute Gasteiger partial charge is 0.249 e. The fourth-order valence-electron chi connectivity index (χ4n) is 1.52. The van der Waals surface area contributed by atoms with Crippen LogP contribution in [0.5, 0.6) is 0 Å². The molecule has 3 nitrogen and oxygen atoms in total. The second-order valence-corrected chi connectivity index (χ2v) is 6.81. The predicted molar refractivity (Wildman–Crippen MR) is 80.8 cm³/mol. The number of carbonyl (C=O) groups is 1. The van der Waals surface area contributed by atoms with Crippen LogP contribution in [0, 0.1) is 5.92 Å². The highest BCUT2D eigenvalue weighted by Crippen LogP contribution is 2.26. The standard InChI is InChI=1S/C14H22ClNO2S/c1-9(2)7-8-18-11(4)14(17)16-10(3)12-5-6-13(15)19-12/h5-6,9-11H,7-8H2,1-4H3,(H,16,17)/t10-,11-/m1/s1. The lowest BCUT2D eigenvalue weighted by molar-refractivity contribution is -0.132. The van der Waals surface area contributed by atoms with Gasteiger partial charge in [0.05, 0.1) is 10.4 Å². The quantitative estimate of drug-likeness (QED) is 0.826. The molecule has 1 amide bonds. The molecule has 0 bridgehead atoms. The van der Waals surface area contributed by atoms with Crippen molar-refractivity contribution in [3.8, 4) is 0 Å². The van der Waals surface area contributed by atoms with Crippen LogP contribution in [0.4, 0.5) is 0 Å². The summed E-state index contributed by atoms with van der Waals surface area (Å²) in [5, 5.41) is 2.94. The molecular weight excluding hydrogens is 282 g/mol. The van der Waals surface area contributed by atoms with Gasteiger partial charge >= 0.3 is 0 Å². The van der Waals surface area contributed by atoms with E-state index in [9.17, 15) is 4.79 Å². The van der Waals surface area contributed by atoms with E-state index in [-0.39, 0.29) is 11.9 Å². The highest BCUT2D eigenvalue weighted by molar-refractivity contribution is 7.16. The van der Waals surface area contributed by atoms with Crippen molar-refractivity contribution in [1.82, 2.24) is 5.32 Å². The molecule has 19 heavy (non-hydrogen) atoms. The van der Waals surface area contributed by atoms with Crippen molar-refractivity contribution < 1.29 is 9.53 Å². The molecule has 5 heteroatoms. The number of hydrogen-bond acceptors (Lipinski definition) is 3. The highest BCUT2D eigenvalue weighted by Gasteiger charge is 2.17. The summed E-state index contributed by atoms with van der Waals surface area (Å²) < 4.78 is 6.26. The monoisotopic (exact) mass is 303 g/mol. The summed E-state index contributed by atoms with van der Waals surface area (Å²) in [7, 11) is 0. The fourth-order valence-corrected chi connectivity index (χ4v) is 2.58. The molecule has 1 heterocycles. The van der Waals surface area contributed by atoms with E-state index in [0.29, 0.717) is 12.5 Å². The van der Waals surface area contributed by atoms with Gasteiger partial charge in [0.2, 0.25) is 5.91 Å². The van der Waals surface area contributed by atoms with E-state index in [2.05, 4.69) is 19.2 Å². The molecule has 0 aromatic carbocycles. The average Bonchev–Trinajstić information content (AvgIpc) is 2.75. The van der Waals surface area contributed by atoms with Crippen LogP contribution in [0.2, 0.25) is 4.34 Å². The summed E-state index contributed by atoms with van der Waals surface area (Å²) in [5.74, 6) is 0.503. The van der Waals surface area contributed by atoms with Crippen LogP contribution in [0.3, 0.4) is 0 Å². The van der Waals surface area contributed by atoms with Crippen molar-refractivity contribution in [3.63, 3.8) is 0 Å². The molecule has 1 aromatic rings. The molecule has 0 fully saturated rings. The minimum absolute atomic E-state index is 0.0406. The van der Waals surface area contributed by atoms with Crippen molar-refractivity contribution in [1.29, 1.82) is 0 Å². The molecule has 0 aliphatic heterocycles. The summed E-state index contributed by atoms with van der Waals surface area (Å²) >= 11 is 7.36. The van der Waals surface area contributed by atoms with Crippen LogP contribution in [0.15, 0.2) is 12.1 Å². The molecule has 0 saturated carbocycles. The van der Waals surface area contributed by atoms with Crippen LogP contribution in [-0.4, -0.2) is 18.6 Å². The Balaban J connectivity index is 2.37. The van der Waals surface area contributed by atoms with Crippen molar-refractivity contribution in [2.75, 3.05) is 6.61 Å². The minimum atomic E-state index is -0.420. The first kappa shape index (κ1) is 16.5. The zero-order valence-electron chi connectivity index (χ0n) is 11.9. The topological polar surface area (TPSA) is 38.3 Å². The van der Waals surface area contributed by atoms with E-state index in [1.54, 1.807) is 6.92 Å². The Hall–Kier alpha value is -0.580. The number of nitrogens with one attached hydrogen (secondary N) is 1. The van der Waals surface area contributed by atoms with Gasteiger partial charge in [0, 0.05) is 11.5 Å². The lowest BCUT2D eigenvalue weighted by Crippen LogP contribution is -2.36. The third-order valence-electron chi connectivity index (χ3n) is 2.81. The molecule has 0 spiro atoms. The Morgan fingerprint density at radius 3 is 2.58 bits per heavy atom. The van der Waals surface area contributed by atoms with Crippen LogP contribution in [-0.2, 0) is 9.53 Å². The van der Waals surface area contributed by atoms with Gasteiger partial charge in [-0.15, -0.1) is 11.3 Å². The zero-order chi connectivity index (χ0) is 14.4. The van der Waals surface area contributed by atoms with Crippen molar-refractivity contribution in [3.05, 3.63) is 21.3 Å². The minimum Gasteiger partial charge on any atom is -0.369 e. The summed E-state index contributed by atoms with van der Waals surface area (Å²) in [4.78, 5) is 13.0. The van der Waals surface area contributed by atoms with Gasteiger partial charge < -0.3 is 10.1 Å². The zero-order valence-corrected chi connectivity index (χ0v) is 13.5. The highest BCUT2D eigenvalue weighted by atomic mass is 35.5. The van der Waals surface area contributed by atoms with Gasteiger partial charge in [-0.2, -0.15) is 0 Å². The third kappa shape index (κ3) is 5.93. The molecule has 0 radical (unpaired) electrons. The van der Waals surface area contributed by atoms with Gasteiger partial charge in [0.1, 0.15) is 6.10 Å². The molecule has 0 unspecified atom stereocenters. The van der Waals surface area contributed by atoms with Crippen LogP contribution >= 0.6 is 22.9 Å². The molecule has 0 aliphatic rings. The number of amides is 1. The molecular formula is C14H22ClNO2S. The van der Waals surface area contributed by atoms with E-state index in [0.717, 1.165) is 15.6 Å². The lowest BCUT2D eigenvalue weighted by Gasteiger charge is -2.17. The van der Waals surface area contributed by atoms with Gasteiger partial charge in [-0.25, -0.2) is 0 Å². The van der Waals surface area contributed by atoms with E-state index in [4.69, 9.17) is 16.3 Å². The Kier molecular flexibility index (Phi) is 6.83. The maximum Gasteiger partial charge on any atom is 0.249 e. The molecule has 1 N–H and O–H groups in total. The Bertz CT molecular complexity index is 406. The van der Waals surface area contributed by atoms with Crippen LogP contribution in [0.1, 0.15) is 45.0 Å². The number of rotatable bonds is 7. The summed E-state index contributed by atoms with van der Waals surface area (Å²) in [6.07, 6.45) is 0.546. The molecule has 108 valence electrons. The lowest BCUT2D eigenvalue weighted by atomic mass is 10.1. The normalized spacial score (nSPS) is 14.4.